The lowest BCUT2D eigenvalue weighted by molar-refractivity contribution is 0.655. The quantitative estimate of drug-likeness (QED) is 0.815. The summed E-state index contributed by atoms with van der Waals surface area (Å²) >= 11 is 0. The van der Waals surface area contributed by atoms with Gasteiger partial charge in [-0.15, -0.1) is 0 Å². The number of nitrogens with zero attached hydrogens (tertiary/aromatic N) is 1. The van der Waals surface area contributed by atoms with E-state index in [2.05, 4.69) is 42.7 Å². The van der Waals surface area contributed by atoms with Gasteiger partial charge >= 0.3 is 0 Å². The van der Waals surface area contributed by atoms with Gasteiger partial charge in [0.2, 0.25) is 0 Å². The second-order valence-electron chi connectivity index (χ2n) is 4.02. The predicted octanol–water partition coefficient (Wildman–Crippen LogP) is 2.61. The largest absolute Gasteiger partial charge is 0.345 e. The summed E-state index contributed by atoms with van der Waals surface area (Å²) in [5.74, 6) is 0. The number of hydrogen-bond acceptors (Lipinski definition) is 1. The van der Waals surface area contributed by atoms with E-state index in [1.165, 1.54) is 22.2 Å². The van der Waals surface area contributed by atoms with Gasteiger partial charge in [-0.05, 0) is 38.4 Å². The number of fused-ring (bicyclic) bond motifs is 1. The normalized spacial score (nSPS) is 11.1. The van der Waals surface area contributed by atoms with Crippen LogP contribution in [0.15, 0.2) is 24.3 Å². The van der Waals surface area contributed by atoms with E-state index in [0.717, 1.165) is 19.5 Å². The van der Waals surface area contributed by atoms with Gasteiger partial charge in [-0.1, -0.05) is 18.2 Å². The predicted molar refractivity (Wildman–Crippen MR) is 65.1 cm³/mol. The van der Waals surface area contributed by atoms with Crippen LogP contribution in [0.4, 0.5) is 0 Å². The molecule has 0 bridgehead atoms. The first-order chi connectivity index (χ1) is 7.25. The minimum Gasteiger partial charge on any atom is -0.345 e. The van der Waals surface area contributed by atoms with Crippen LogP contribution in [0, 0.1) is 13.8 Å². The van der Waals surface area contributed by atoms with Crippen LogP contribution in [0.5, 0.6) is 0 Å². The highest BCUT2D eigenvalue weighted by Crippen LogP contribution is 2.24. The van der Waals surface area contributed by atoms with E-state index >= 15 is 0 Å². The van der Waals surface area contributed by atoms with E-state index in [9.17, 15) is 0 Å². The molecule has 80 valence electrons. The zero-order valence-corrected chi connectivity index (χ0v) is 9.46. The lowest BCUT2D eigenvalue weighted by Crippen LogP contribution is -2.06. The first kappa shape index (κ1) is 10.2. The van der Waals surface area contributed by atoms with Crippen molar-refractivity contribution in [3.05, 3.63) is 35.5 Å². The third kappa shape index (κ3) is 1.65. The summed E-state index contributed by atoms with van der Waals surface area (Å²) in [4.78, 5) is 0. The Morgan fingerprint density at radius 3 is 2.67 bits per heavy atom. The van der Waals surface area contributed by atoms with Crippen LogP contribution in [0.25, 0.3) is 10.9 Å². The van der Waals surface area contributed by atoms with E-state index in [1.807, 2.05) is 0 Å². The molecule has 0 fully saturated rings. The van der Waals surface area contributed by atoms with Crippen molar-refractivity contribution < 1.29 is 0 Å². The Morgan fingerprint density at radius 1 is 1.20 bits per heavy atom. The van der Waals surface area contributed by atoms with Crippen molar-refractivity contribution in [1.82, 2.24) is 4.57 Å². The maximum atomic E-state index is 5.56. The second-order valence-corrected chi connectivity index (χ2v) is 4.02. The zero-order chi connectivity index (χ0) is 10.8. The van der Waals surface area contributed by atoms with E-state index in [1.54, 1.807) is 0 Å². The standard InChI is InChI=1S/C13H18N2/c1-10-11(2)15(9-5-8-14)13-7-4-3-6-12(10)13/h3-4,6-7H,5,8-9,14H2,1-2H3. The molecule has 0 atom stereocenters. The molecule has 2 heteroatoms. The van der Waals surface area contributed by atoms with Gasteiger partial charge in [-0.25, -0.2) is 0 Å². The Hall–Kier alpha value is -1.28. The van der Waals surface area contributed by atoms with E-state index in [-0.39, 0.29) is 0 Å². The lowest BCUT2D eigenvalue weighted by atomic mass is 10.2. The van der Waals surface area contributed by atoms with E-state index in [0.29, 0.717) is 0 Å². The molecule has 2 aromatic rings. The van der Waals surface area contributed by atoms with Gasteiger partial charge in [-0.2, -0.15) is 0 Å². The summed E-state index contributed by atoms with van der Waals surface area (Å²) in [6.45, 7) is 6.16. The maximum Gasteiger partial charge on any atom is 0.0485 e. The smallest absolute Gasteiger partial charge is 0.0485 e. The van der Waals surface area contributed by atoms with Gasteiger partial charge in [0.1, 0.15) is 0 Å². The summed E-state index contributed by atoms with van der Waals surface area (Å²) in [7, 11) is 0. The highest BCUT2D eigenvalue weighted by molar-refractivity contribution is 5.85. The van der Waals surface area contributed by atoms with E-state index < -0.39 is 0 Å². The molecule has 0 radical (unpaired) electrons. The number of para-hydroxylation sites is 1. The minimum absolute atomic E-state index is 0.755. The third-order valence-corrected chi connectivity index (χ3v) is 3.13. The van der Waals surface area contributed by atoms with Crippen molar-refractivity contribution in [1.29, 1.82) is 0 Å². The molecule has 0 unspecified atom stereocenters. The SMILES string of the molecule is Cc1c(C)n(CCCN)c2ccccc12. The molecule has 15 heavy (non-hydrogen) atoms. The van der Waals surface area contributed by atoms with Gasteiger partial charge in [0.15, 0.2) is 0 Å². The molecular formula is C13H18N2. The molecule has 1 aromatic carbocycles. The number of benzene rings is 1. The Balaban J connectivity index is 2.56. The van der Waals surface area contributed by atoms with Crippen LogP contribution >= 0.6 is 0 Å². The molecule has 2 nitrogen and oxygen atoms in total. The molecule has 0 aliphatic rings. The molecule has 0 amide bonds. The van der Waals surface area contributed by atoms with Crippen LogP contribution in [0.1, 0.15) is 17.7 Å². The minimum atomic E-state index is 0.755. The number of hydrogen-bond donors (Lipinski definition) is 1. The zero-order valence-electron chi connectivity index (χ0n) is 9.46. The van der Waals surface area contributed by atoms with Crippen molar-refractivity contribution in [2.45, 2.75) is 26.8 Å². The fourth-order valence-corrected chi connectivity index (χ4v) is 2.14. The highest BCUT2D eigenvalue weighted by atomic mass is 15.0. The van der Waals surface area contributed by atoms with E-state index in [4.69, 9.17) is 5.73 Å². The monoisotopic (exact) mass is 202 g/mol. The Labute approximate surface area is 90.7 Å². The van der Waals surface area contributed by atoms with Crippen LogP contribution in [-0.2, 0) is 6.54 Å². The average molecular weight is 202 g/mol. The van der Waals surface area contributed by atoms with Crippen LogP contribution in [0.2, 0.25) is 0 Å². The number of aryl methyl sites for hydroxylation is 2. The van der Waals surface area contributed by atoms with Crippen molar-refractivity contribution in [3.8, 4) is 0 Å². The molecule has 0 aliphatic heterocycles. The topological polar surface area (TPSA) is 30.9 Å². The first-order valence-corrected chi connectivity index (χ1v) is 5.50. The molecule has 0 spiro atoms. The fourth-order valence-electron chi connectivity index (χ4n) is 2.14. The van der Waals surface area contributed by atoms with Gasteiger partial charge < -0.3 is 10.3 Å². The summed E-state index contributed by atoms with van der Waals surface area (Å²) in [5, 5.41) is 1.37. The van der Waals surface area contributed by atoms with Crippen molar-refractivity contribution in [2.75, 3.05) is 6.54 Å². The lowest BCUT2D eigenvalue weighted by Gasteiger charge is -2.06. The van der Waals surface area contributed by atoms with Crippen LogP contribution in [-0.4, -0.2) is 11.1 Å². The van der Waals surface area contributed by atoms with Gasteiger partial charge in [0, 0.05) is 23.1 Å². The molecular weight excluding hydrogens is 184 g/mol. The molecule has 1 heterocycles. The molecule has 1 aromatic heterocycles. The highest BCUT2D eigenvalue weighted by Gasteiger charge is 2.08. The van der Waals surface area contributed by atoms with Gasteiger partial charge in [0.05, 0.1) is 0 Å². The van der Waals surface area contributed by atoms with Crippen molar-refractivity contribution in [3.63, 3.8) is 0 Å². The van der Waals surface area contributed by atoms with Crippen molar-refractivity contribution in [2.24, 2.45) is 5.73 Å². The maximum absolute atomic E-state index is 5.56. The third-order valence-electron chi connectivity index (χ3n) is 3.13. The first-order valence-electron chi connectivity index (χ1n) is 5.50. The fraction of sp³-hybridized carbons (Fsp3) is 0.385. The average Bonchev–Trinajstić information content (AvgIpc) is 2.51. The molecule has 2 N–H and O–H groups in total. The Morgan fingerprint density at radius 2 is 1.93 bits per heavy atom. The molecule has 2 rings (SSSR count). The number of rotatable bonds is 3. The summed E-state index contributed by atoms with van der Waals surface area (Å²) < 4.78 is 2.37. The van der Waals surface area contributed by atoms with Crippen LogP contribution < -0.4 is 5.73 Å². The molecule has 0 saturated carbocycles. The van der Waals surface area contributed by atoms with Crippen LogP contribution in [0.3, 0.4) is 0 Å². The van der Waals surface area contributed by atoms with Gasteiger partial charge in [0.25, 0.3) is 0 Å². The Kier molecular flexibility index (Phi) is 2.78. The van der Waals surface area contributed by atoms with Crippen molar-refractivity contribution >= 4 is 10.9 Å². The molecule has 0 aliphatic carbocycles. The number of nitrogens with two attached hydrogens (primary N) is 1. The summed E-state index contributed by atoms with van der Waals surface area (Å²) in [6.07, 6.45) is 1.04. The summed E-state index contributed by atoms with van der Waals surface area (Å²) in [6, 6.07) is 8.57. The molecule has 0 saturated heterocycles. The summed E-state index contributed by atoms with van der Waals surface area (Å²) in [5.41, 5.74) is 9.65. The van der Waals surface area contributed by atoms with Gasteiger partial charge in [-0.3, -0.25) is 0 Å². The second kappa shape index (κ2) is 4.07. The Bertz CT molecular complexity index is 469. The number of aromatic nitrogens is 1.